The Morgan fingerprint density at radius 1 is 1.18 bits per heavy atom. The van der Waals surface area contributed by atoms with Gasteiger partial charge in [-0.25, -0.2) is 0 Å². The summed E-state index contributed by atoms with van der Waals surface area (Å²) in [6, 6.07) is 6.79. The Labute approximate surface area is 105 Å². The minimum Gasteiger partial charge on any atom is -0.315 e. The quantitative estimate of drug-likeness (QED) is 0.859. The predicted molar refractivity (Wildman–Crippen MR) is 73.5 cm³/mol. The monoisotopic (exact) mass is 232 g/mol. The van der Waals surface area contributed by atoms with E-state index in [0.29, 0.717) is 0 Å². The van der Waals surface area contributed by atoms with E-state index >= 15 is 0 Å². The molecular formula is C15H24N2. The van der Waals surface area contributed by atoms with Gasteiger partial charge >= 0.3 is 0 Å². The van der Waals surface area contributed by atoms with Crippen LogP contribution in [0.15, 0.2) is 18.2 Å². The number of nitrogens with zero attached hydrogens (tertiary/aromatic N) is 1. The Morgan fingerprint density at radius 2 is 2.06 bits per heavy atom. The van der Waals surface area contributed by atoms with E-state index in [2.05, 4.69) is 42.3 Å². The van der Waals surface area contributed by atoms with Crippen LogP contribution in [0.4, 0.5) is 0 Å². The molecule has 0 atom stereocenters. The summed E-state index contributed by atoms with van der Waals surface area (Å²) in [5.41, 5.74) is 4.33. The first kappa shape index (κ1) is 12.6. The molecule has 1 fully saturated rings. The molecule has 0 saturated carbocycles. The van der Waals surface area contributed by atoms with E-state index in [0.717, 1.165) is 6.54 Å². The Bertz CT molecular complexity index is 352. The van der Waals surface area contributed by atoms with Gasteiger partial charge in [0.15, 0.2) is 0 Å². The molecule has 1 N–H and O–H groups in total. The van der Waals surface area contributed by atoms with Gasteiger partial charge in [0.1, 0.15) is 0 Å². The maximum Gasteiger partial charge on any atom is 0.0107 e. The molecule has 2 nitrogen and oxygen atoms in total. The first-order valence-electron chi connectivity index (χ1n) is 6.75. The van der Waals surface area contributed by atoms with E-state index in [1.807, 2.05) is 0 Å². The van der Waals surface area contributed by atoms with Crippen molar-refractivity contribution in [2.24, 2.45) is 0 Å². The highest BCUT2D eigenvalue weighted by atomic mass is 15.1. The van der Waals surface area contributed by atoms with E-state index in [4.69, 9.17) is 0 Å². The summed E-state index contributed by atoms with van der Waals surface area (Å²) >= 11 is 0. The van der Waals surface area contributed by atoms with Crippen molar-refractivity contribution in [3.05, 3.63) is 34.9 Å². The number of hydrogen-bond donors (Lipinski definition) is 1. The van der Waals surface area contributed by atoms with Crippen LogP contribution in [0.5, 0.6) is 0 Å². The molecule has 1 aromatic carbocycles. The van der Waals surface area contributed by atoms with Gasteiger partial charge in [0.25, 0.3) is 0 Å². The van der Waals surface area contributed by atoms with Gasteiger partial charge in [-0.3, -0.25) is 0 Å². The molecule has 0 bridgehead atoms. The third-order valence-corrected chi connectivity index (χ3v) is 3.63. The fraction of sp³-hybridized carbons (Fsp3) is 0.600. The van der Waals surface area contributed by atoms with Crippen LogP contribution in [-0.4, -0.2) is 37.6 Å². The van der Waals surface area contributed by atoms with Gasteiger partial charge in [-0.2, -0.15) is 0 Å². The molecule has 1 aliphatic rings. The molecule has 0 aromatic heterocycles. The maximum absolute atomic E-state index is 3.45. The predicted octanol–water partition coefficient (Wildman–Crippen LogP) is 2.14. The Morgan fingerprint density at radius 3 is 2.94 bits per heavy atom. The zero-order valence-corrected chi connectivity index (χ0v) is 11.1. The molecule has 17 heavy (non-hydrogen) atoms. The van der Waals surface area contributed by atoms with Crippen LogP contribution >= 0.6 is 0 Å². The van der Waals surface area contributed by atoms with Crippen LogP contribution in [0, 0.1) is 13.8 Å². The largest absolute Gasteiger partial charge is 0.315 e. The minimum absolute atomic E-state index is 1.15. The average Bonchev–Trinajstić information content (AvgIpc) is 2.59. The summed E-state index contributed by atoms with van der Waals surface area (Å²) in [6.45, 7) is 10.4. The lowest BCUT2D eigenvalue weighted by Crippen LogP contribution is -2.30. The molecule has 0 aliphatic carbocycles. The summed E-state index contributed by atoms with van der Waals surface area (Å²) < 4.78 is 0. The van der Waals surface area contributed by atoms with Crippen LogP contribution in [0.1, 0.15) is 23.1 Å². The SMILES string of the molecule is Cc1ccc(C)c(CCN2CCCNCC2)c1. The zero-order valence-electron chi connectivity index (χ0n) is 11.1. The molecule has 0 amide bonds. The summed E-state index contributed by atoms with van der Waals surface area (Å²) in [5.74, 6) is 0. The smallest absolute Gasteiger partial charge is 0.0107 e. The lowest BCUT2D eigenvalue weighted by atomic mass is 10.0. The van der Waals surface area contributed by atoms with Crippen molar-refractivity contribution in [2.75, 3.05) is 32.7 Å². The average molecular weight is 232 g/mol. The lowest BCUT2D eigenvalue weighted by molar-refractivity contribution is 0.296. The van der Waals surface area contributed by atoms with Gasteiger partial charge in [-0.05, 0) is 50.9 Å². The van der Waals surface area contributed by atoms with E-state index < -0.39 is 0 Å². The topological polar surface area (TPSA) is 15.3 Å². The molecule has 0 radical (unpaired) electrons. The van der Waals surface area contributed by atoms with Crippen molar-refractivity contribution in [1.29, 1.82) is 0 Å². The zero-order chi connectivity index (χ0) is 12.1. The second-order valence-electron chi connectivity index (χ2n) is 5.13. The first-order valence-corrected chi connectivity index (χ1v) is 6.75. The third kappa shape index (κ3) is 3.83. The van der Waals surface area contributed by atoms with Gasteiger partial charge < -0.3 is 10.2 Å². The first-order chi connectivity index (χ1) is 8.25. The summed E-state index contributed by atoms with van der Waals surface area (Å²) in [6.07, 6.45) is 2.47. The highest BCUT2D eigenvalue weighted by molar-refractivity contribution is 5.30. The number of aryl methyl sites for hydroxylation is 2. The van der Waals surface area contributed by atoms with Crippen LogP contribution in [0.25, 0.3) is 0 Å². The van der Waals surface area contributed by atoms with E-state index in [1.165, 1.54) is 55.7 Å². The summed E-state index contributed by atoms with van der Waals surface area (Å²) in [4.78, 5) is 2.59. The molecule has 2 heteroatoms. The van der Waals surface area contributed by atoms with Crippen molar-refractivity contribution < 1.29 is 0 Å². The van der Waals surface area contributed by atoms with Crippen molar-refractivity contribution in [1.82, 2.24) is 10.2 Å². The molecular weight excluding hydrogens is 208 g/mol. The van der Waals surface area contributed by atoms with Crippen LogP contribution < -0.4 is 5.32 Å². The standard InChI is InChI=1S/C15H24N2/c1-13-4-5-14(2)15(12-13)6-10-17-9-3-7-16-8-11-17/h4-5,12,16H,3,6-11H2,1-2H3. The Hall–Kier alpha value is -0.860. The van der Waals surface area contributed by atoms with Crippen LogP contribution in [0.2, 0.25) is 0 Å². The lowest BCUT2D eigenvalue weighted by Gasteiger charge is -2.20. The number of benzene rings is 1. The van der Waals surface area contributed by atoms with Crippen molar-refractivity contribution >= 4 is 0 Å². The number of nitrogens with one attached hydrogen (secondary N) is 1. The van der Waals surface area contributed by atoms with Crippen molar-refractivity contribution in [3.8, 4) is 0 Å². The third-order valence-electron chi connectivity index (χ3n) is 3.63. The summed E-state index contributed by atoms with van der Waals surface area (Å²) in [5, 5.41) is 3.45. The second kappa shape index (κ2) is 6.18. The molecule has 0 unspecified atom stereocenters. The van der Waals surface area contributed by atoms with E-state index in [9.17, 15) is 0 Å². The van der Waals surface area contributed by atoms with Crippen LogP contribution in [0.3, 0.4) is 0 Å². The Balaban J connectivity index is 1.89. The molecule has 1 saturated heterocycles. The van der Waals surface area contributed by atoms with Crippen molar-refractivity contribution in [2.45, 2.75) is 26.7 Å². The maximum atomic E-state index is 3.45. The molecule has 0 spiro atoms. The number of hydrogen-bond acceptors (Lipinski definition) is 2. The summed E-state index contributed by atoms with van der Waals surface area (Å²) in [7, 11) is 0. The van der Waals surface area contributed by atoms with Gasteiger partial charge in [0.2, 0.25) is 0 Å². The minimum atomic E-state index is 1.15. The van der Waals surface area contributed by atoms with Crippen molar-refractivity contribution in [3.63, 3.8) is 0 Å². The van der Waals surface area contributed by atoms with Gasteiger partial charge in [0.05, 0.1) is 0 Å². The number of rotatable bonds is 3. The molecule has 1 aromatic rings. The normalized spacial score (nSPS) is 18.0. The van der Waals surface area contributed by atoms with Crippen LogP contribution in [-0.2, 0) is 6.42 Å². The van der Waals surface area contributed by atoms with E-state index in [1.54, 1.807) is 0 Å². The Kier molecular flexibility index (Phi) is 4.57. The second-order valence-corrected chi connectivity index (χ2v) is 5.13. The fourth-order valence-electron chi connectivity index (χ4n) is 2.47. The molecule has 2 rings (SSSR count). The van der Waals surface area contributed by atoms with Gasteiger partial charge in [-0.15, -0.1) is 0 Å². The van der Waals surface area contributed by atoms with Gasteiger partial charge in [0, 0.05) is 19.6 Å². The van der Waals surface area contributed by atoms with Gasteiger partial charge in [-0.1, -0.05) is 23.8 Å². The molecule has 94 valence electrons. The highest BCUT2D eigenvalue weighted by Gasteiger charge is 2.08. The van der Waals surface area contributed by atoms with E-state index in [-0.39, 0.29) is 0 Å². The molecule has 1 aliphatic heterocycles. The molecule has 1 heterocycles. The highest BCUT2D eigenvalue weighted by Crippen LogP contribution is 2.12. The fourth-order valence-corrected chi connectivity index (χ4v) is 2.47.